The molecule has 0 amide bonds. The summed E-state index contributed by atoms with van der Waals surface area (Å²) in [6, 6.07) is 6.96. The number of aromatic nitrogens is 4. The third kappa shape index (κ3) is 2.62. The molecule has 0 fully saturated rings. The van der Waals surface area contributed by atoms with E-state index in [-0.39, 0.29) is 5.56 Å². The van der Waals surface area contributed by atoms with Crippen LogP contribution >= 0.6 is 0 Å². The number of benzene rings is 1. The highest BCUT2D eigenvalue weighted by atomic mass is 16.5. The van der Waals surface area contributed by atoms with Crippen LogP contribution in [0, 0.1) is 6.92 Å². The maximum atomic E-state index is 12.3. The molecule has 7 nitrogen and oxygen atoms in total. The number of hydrogen-bond acceptors (Lipinski definition) is 5. The van der Waals surface area contributed by atoms with Gasteiger partial charge in [-0.05, 0) is 25.5 Å². The molecule has 0 aliphatic carbocycles. The number of nitrogens with zero attached hydrogens (tertiary/aromatic N) is 3. The minimum atomic E-state index is -0.402. The van der Waals surface area contributed by atoms with Gasteiger partial charge in [0.1, 0.15) is 0 Å². The molecule has 0 aliphatic rings. The van der Waals surface area contributed by atoms with E-state index in [1.807, 2.05) is 0 Å². The summed E-state index contributed by atoms with van der Waals surface area (Å²) in [5.41, 5.74) is -0.132. The number of fused-ring (bicyclic) bond motifs is 1. The zero-order chi connectivity index (χ0) is 14.8. The number of hydrogen-bond donors (Lipinski definition) is 1. The van der Waals surface area contributed by atoms with Gasteiger partial charge < -0.3 is 9.51 Å². The van der Waals surface area contributed by atoms with Crippen LogP contribution in [0.2, 0.25) is 0 Å². The first-order chi connectivity index (χ1) is 10.1. The Morgan fingerprint density at radius 2 is 2.10 bits per heavy atom. The Bertz CT molecular complexity index is 891. The molecule has 7 heteroatoms. The van der Waals surface area contributed by atoms with Crippen molar-refractivity contribution >= 4 is 10.9 Å². The fraction of sp³-hybridized carbons (Fsp3) is 0.286. The molecule has 2 heterocycles. The van der Waals surface area contributed by atoms with Gasteiger partial charge in [0.2, 0.25) is 5.89 Å². The number of nitrogens with one attached hydrogen (secondary N) is 1. The molecule has 1 N–H and O–H groups in total. The number of rotatable bonds is 4. The van der Waals surface area contributed by atoms with Gasteiger partial charge in [-0.3, -0.25) is 9.36 Å². The Hall–Kier alpha value is -2.70. The second kappa shape index (κ2) is 5.35. The van der Waals surface area contributed by atoms with Crippen molar-refractivity contribution in [1.29, 1.82) is 0 Å². The van der Waals surface area contributed by atoms with Crippen molar-refractivity contribution in [2.75, 3.05) is 0 Å². The molecule has 0 radical (unpaired) electrons. The molecule has 0 saturated carbocycles. The Kier molecular flexibility index (Phi) is 3.39. The van der Waals surface area contributed by atoms with Crippen molar-refractivity contribution in [3.8, 4) is 0 Å². The zero-order valence-electron chi connectivity index (χ0n) is 11.5. The number of para-hydroxylation sites is 1. The van der Waals surface area contributed by atoms with Crippen LogP contribution in [0.25, 0.3) is 10.9 Å². The largest absolute Gasteiger partial charge is 0.339 e. The maximum absolute atomic E-state index is 12.3. The monoisotopic (exact) mass is 286 g/mol. The molecule has 0 unspecified atom stereocenters. The van der Waals surface area contributed by atoms with Gasteiger partial charge in [-0.25, -0.2) is 4.79 Å². The summed E-state index contributed by atoms with van der Waals surface area (Å²) < 4.78 is 6.20. The normalized spacial score (nSPS) is 11.1. The van der Waals surface area contributed by atoms with Gasteiger partial charge in [0.15, 0.2) is 5.82 Å². The van der Waals surface area contributed by atoms with Crippen molar-refractivity contribution < 1.29 is 4.52 Å². The lowest BCUT2D eigenvalue weighted by atomic mass is 10.2. The molecule has 3 rings (SSSR count). The molecule has 108 valence electrons. The lowest BCUT2D eigenvalue weighted by Crippen LogP contribution is -2.35. The van der Waals surface area contributed by atoms with E-state index in [1.165, 1.54) is 4.57 Å². The highest BCUT2D eigenvalue weighted by Gasteiger charge is 2.08. The molecule has 2 aromatic heterocycles. The van der Waals surface area contributed by atoms with Gasteiger partial charge in [0.05, 0.1) is 10.9 Å². The van der Waals surface area contributed by atoms with Crippen LogP contribution in [0.15, 0.2) is 38.4 Å². The highest BCUT2D eigenvalue weighted by Crippen LogP contribution is 2.04. The van der Waals surface area contributed by atoms with Crippen molar-refractivity contribution in [3.05, 3.63) is 56.8 Å². The van der Waals surface area contributed by atoms with E-state index in [2.05, 4.69) is 15.1 Å². The second-order valence-corrected chi connectivity index (χ2v) is 4.77. The smallest absolute Gasteiger partial charge is 0.328 e. The topological polar surface area (TPSA) is 93.8 Å². The van der Waals surface area contributed by atoms with Gasteiger partial charge in [-0.2, -0.15) is 4.98 Å². The van der Waals surface area contributed by atoms with Gasteiger partial charge in [-0.15, -0.1) is 0 Å². The van der Waals surface area contributed by atoms with Gasteiger partial charge >= 0.3 is 5.69 Å². The van der Waals surface area contributed by atoms with Crippen LogP contribution in [0.3, 0.4) is 0 Å². The number of H-pyrrole nitrogens is 1. The molecule has 1 aromatic carbocycles. The molecule has 0 spiro atoms. The molecule has 3 aromatic rings. The molecule has 0 atom stereocenters. The van der Waals surface area contributed by atoms with Crippen LogP contribution < -0.4 is 11.2 Å². The minimum absolute atomic E-state index is 0.281. The minimum Gasteiger partial charge on any atom is -0.339 e. The van der Waals surface area contributed by atoms with E-state index in [1.54, 1.807) is 31.2 Å². The van der Waals surface area contributed by atoms with Crippen LogP contribution in [-0.2, 0) is 13.0 Å². The highest BCUT2D eigenvalue weighted by molar-refractivity contribution is 5.76. The maximum Gasteiger partial charge on any atom is 0.328 e. The van der Waals surface area contributed by atoms with E-state index in [9.17, 15) is 9.59 Å². The summed E-state index contributed by atoms with van der Waals surface area (Å²) >= 11 is 0. The van der Waals surface area contributed by atoms with Crippen molar-refractivity contribution in [2.24, 2.45) is 0 Å². The Balaban J connectivity index is 1.84. The standard InChI is InChI=1S/C14H14N4O3/c1-9-15-12(21-17-9)7-4-8-18-13(19)10-5-2-3-6-11(10)16-14(18)20/h2-3,5-6H,4,7-8H2,1H3,(H,16,20). The fourth-order valence-electron chi connectivity index (χ4n) is 2.23. The molecular weight excluding hydrogens is 272 g/mol. The quantitative estimate of drug-likeness (QED) is 0.772. The number of aryl methyl sites for hydroxylation is 2. The number of aromatic amines is 1. The summed E-state index contributed by atoms with van der Waals surface area (Å²) in [5.74, 6) is 1.09. The van der Waals surface area contributed by atoms with Crippen LogP contribution in [-0.4, -0.2) is 19.7 Å². The molecule has 0 bridgehead atoms. The Morgan fingerprint density at radius 1 is 1.29 bits per heavy atom. The van der Waals surface area contributed by atoms with Crippen molar-refractivity contribution in [3.63, 3.8) is 0 Å². The first-order valence-corrected chi connectivity index (χ1v) is 6.66. The average molecular weight is 286 g/mol. The summed E-state index contributed by atoms with van der Waals surface area (Å²) in [4.78, 5) is 31.0. The van der Waals surface area contributed by atoms with Crippen LogP contribution in [0.4, 0.5) is 0 Å². The van der Waals surface area contributed by atoms with Crippen molar-refractivity contribution in [1.82, 2.24) is 19.7 Å². The van der Waals surface area contributed by atoms with Crippen LogP contribution in [0.5, 0.6) is 0 Å². The van der Waals surface area contributed by atoms with E-state index in [0.717, 1.165) is 0 Å². The molecule has 0 aliphatic heterocycles. The van der Waals surface area contributed by atoms with E-state index in [0.29, 0.717) is 42.0 Å². The summed E-state index contributed by atoms with van der Waals surface area (Å²) in [7, 11) is 0. The third-order valence-corrected chi connectivity index (χ3v) is 3.23. The van der Waals surface area contributed by atoms with Gasteiger partial charge in [0, 0.05) is 13.0 Å². The molecule has 0 saturated heterocycles. The lowest BCUT2D eigenvalue weighted by molar-refractivity contribution is 0.368. The average Bonchev–Trinajstić information content (AvgIpc) is 2.88. The van der Waals surface area contributed by atoms with Crippen LogP contribution in [0.1, 0.15) is 18.1 Å². The predicted molar refractivity (Wildman–Crippen MR) is 76.2 cm³/mol. The third-order valence-electron chi connectivity index (χ3n) is 3.23. The lowest BCUT2D eigenvalue weighted by Gasteiger charge is -2.05. The van der Waals surface area contributed by atoms with E-state index < -0.39 is 5.69 Å². The molecule has 21 heavy (non-hydrogen) atoms. The SMILES string of the molecule is Cc1noc(CCCn2c(=O)[nH]c3ccccc3c2=O)n1. The first kappa shape index (κ1) is 13.3. The second-order valence-electron chi connectivity index (χ2n) is 4.77. The van der Waals surface area contributed by atoms with Crippen molar-refractivity contribution in [2.45, 2.75) is 26.3 Å². The van der Waals surface area contributed by atoms with Gasteiger partial charge in [0.25, 0.3) is 5.56 Å². The van der Waals surface area contributed by atoms with E-state index >= 15 is 0 Å². The fourth-order valence-corrected chi connectivity index (χ4v) is 2.23. The predicted octanol–water partition coefficient (Wildman–Crippen LogP) is 1.01. The summed E-state index contributed by atoms with van der Waals surface area (Å²) in [6.45, 7) is 2.05. The molecular formula is C14H14N4O3. The van der Waals surface area contributed by atoms with E-state index in [4.69, 9.17) is 4.52 Å². The first-order valence-electron chi connectivity index (χ1n) is 6.66. The summed E-state index contributed by atoms with van der Waals surface area (Å²) in [6.07, 6.45) is 1.10. The summed E-state index contributed by atoms with van der Waals surface area (Å²) in [5, 5.41) is 4.20. The Morgan fingerprint density at radius 3 is 2.86 bits per heavy atom. The Labute approximate surface area is 119 Å². The zero-order valence-corrected chi connectivity index (χ0v) is 11.5. The van der Waals surface area contributed by atoms with Gasteiger partial charge in [-0.1, -0.05) is 17.3 Å².